The predicted octanol–water partition coefficient (Wildman–Crippen LogP) is 4.42. The smallest absolute Gasteiger partial charge is 0.411 e. The summed E-state index contributed by atoms with van der Waals surface area (Å²) in [6.45, 7) is 3.61. The molecule has 186 valence electrons. The quantitative estimate of drug-likeness (QED) is 0.547. The maximum Gasteiger partial charge on any atom is 0.411 e. The molecule has 0 unspecified atom stereocenters. The molecule has 1 N–H and O–H groups in total. The topological polar surface area (TPSA) is 92.7 Å². The number of rotatable bonds is 9. The van der Waals surface area contributed by atoms with Gasteiger partial charge in [-0.25, -0.2) is 9.80 Å². The van der Waals surface area contributed by atoms with Gasteiger partial charge in [0.15, 0.2) is 11.5 Å². The highest BCUT2D eigenvalue weighted by Crippen LogP contribution is 2.30. The number of hydrazone groups is 1. The van der Waals surface area contributed by atoms with Crippen LogP contribution in [0.15, 0.2) is 47.6 Å². The van der Waals surface area contributed by atoms with Crippen molar-refractivity contribution in [3.05, 3.63) is 53.6 Å². The first-order valence-electron chi connectivity index (χ1n) is 11.5. The van der Waals surface area contributed by atoms with Gasteiger partial charge in [-0.15, -0.1) is 0 Å². The molecule has 0 aromatic heterocycles. The molecule has 2 aliphatic heterocycles. The first-order valence-corrected chi connectivity index (χ1v) is 12.5. The molecule has 0 aliphatic carbocycles. The van der Waals surface area contributed by atoms with E-state index in [1.807, 2.05) is 30.3 Å². The van der Waals surface area contributed by atoms with Gasteiger partial charge in [0.05, 0.1) is 26.5 Å². The summed E-state index contributed by atoms with van der Waals surface area (Å²) in [7, 11) is 3.17. The van der Waals surface area contributed by atoms with Crippen LogP contribution in [0.4, 0.5) is 15.3 Å². The first-order chi connectivity index (χ1) is 17.1. The Kier molecular flexibility index (Phi) is 8.49. The van der Waals surface area contributed by atoms with Crippen LogP contribution in [0, 0.1) is 0 Å². The number of hydrogen-bond acceptors (Lipinski definition) is 8. The van der Waals surface area contributed by atoms with Crippen molar-refractivity contribution in [2.24, 2.45) is 5.10 Å². The highest BCUT2D eigenvalue weighted by atomic mass is 32.2. The monoisotopic (exact) mass is 498 g/mol. The molecular formula is C25H30N4O5S. The van der Waals surface area contributed by atoms with Gasteiger partial charge in [0, 0.05) is 23.5 Å². The Hall–Kier alpha value is -3.24. The third-order valence-corrected chi connectivity index (χ3v) is 6.75. The number of amides is 2. The zero-order valence-corrected chi connectivity index (χ0v) is 20.8. The van der Waals surface area contributed by atoms with E-state index in [9.17, 15) is 9.59 Å². The van der Waals surface area contributed by atoms with Crippen molar-refractivity contribution >= 4 is 34.5 Å². The molecule has 10 heteroatoms. The average Bonchev–Trinajstić information content (AvgIpc) is 3.39. The lowest BCUT2D eigenvalue weighted by Crippen LogP contribution is -2.29. The number of benzene rings is 2. The van der Waals surface area contributed by atoms with Gasteiger partial charge >= 0.3 is 11.3 Å². The third-order valence-electron chi connectivity index (χ3n) is 5.87. The summed E-state index contributed by atoms with van der Waals surface area (Å²) in [6, 6.07) is 12.9. The van der Waals surface area contributed by atoms with Gasteiger partial charge < -0.3 is 14.2 Å². The van der Waals surface area contributed by atoms with Crippen molar-refractivity contribution in [2.45, 2.75) is 19.4 Å². The number of methoxy groups -OCH3 is 2. The largest absolute Gasteiger partial charge is 0.493 e. The van der Waals surface area contributed by atoms with Crippen LogP contribution in [0.1, 0.15) is 24.0 Å². The van der Waals surface area contributed by atoms with Crippen molar-refractivity contribution in [3.8, 4) is 11.5 Å². The summed E-state index contributed by atoms with van der Waals surface area (Å²) in [5, 5.41) is 8.67. The van der Waals surface area contributed by atoms with E-state index >= 15 is 0 Å². The molecule has 2 amide bonds. The van der Waals surface area contributed by atoms with Crippen molar-refractivity contribution in [3.63, 3.8) is 0 Å². The second kappa shape index (κ2) is 11.9. The van der Waals surface area contributed by atoms with Gasteiger partial charge in [-0.3, -0.25) is 15.0 Å². The molecule has 35 heavy (non-hydrogen) atoms. The first kappa shape index (κ1) is 24.9. The minimum Gasteiger partial charge on any atom is -0.493 e. The molecule has 2 heterocycles. The summed E-state index contributed by atoms with van der Waals surface area (Å²) in [4.78, 5) is 26.8. The fraction of sp³-hybridized carbons (Fsp3) is 0.400. The molecule has 0 radical (unpaired) electrons. The standard InChI is InChI=1S/C25H30N4O5S/c1-32-22-10-7-19(15-23(22)33-2)21-17-35-25(31)29(27-21)16-18-5-8-20(9-6-18)26-24(30)34-14-13-28-11-3-4-12-28/h5-10,15H,3-4,11-14,16-17H2,1-2H3,(H,26,30). The Balaban J connectivity index is 1.33. The molecule has 2 aromatic carbocycles. The maximum absolute atomic E-state index is 12.5. The highest BCUT2D eigenvalue weighted by molar-refractivity contribution is 8.14. The Morgan fingerprint density at radius 2 is 1.80 bits per heavy atom. The fourth-order valence-electron chi connectivity index (χ4n) is 3.97. The van der Waals surface area contributed by atoms with E-state index in [1.165, 1.54) is 29.6 Å². The van der Waals surface area contributed by atoms with Crippen molar-refractivity contribution in [1.82, 2.24) is 9.91 Å². The normalized spacial score (nSPS) is 16.1. The van der Waals surface area contributed by atoms with Gasteiger partial charge in [-0.2, -0.15) is 5.10 Å². The highest BCUT2D eigenvalue weighted by Gasteiger charge is 2.23. The number of hydrogen-bond donors (Lipinski definition) is 1. The molecule has 2 aliphatic rings. The lowest BCUT2D eigenvalue weighted by molar-refractivity contribution is 0.146. The molecule has 0 saturated carbocycles. The number of nitrogens with zero attached hydrogens (tertiary/aromatic N) is 3. The molecule has 0 atom stereocenters. The van der Waals surface area contributed by atoms with Crippen LogP contribution in [-0.2, 0) is 11.3 Å². The molecule has 4 rings (SSSR count). The summed E-state index contributed by atoms with van der Waals surface area (Å²) >= 11 is 1.21. The zero-order chi connectivity index (χ0) is 24.6. The molecule has 1 fully saturated rings. The zero-order valence-electron chi connectivity index (χ0n) is 20.0. The van der Waals surface area contributed by atoms with Crippen LogP contribution >= 0.6 is 11.8 Å². The number of carbonyl (C=O) groups is 2. The van der Waals surface area contributed by atoms with Crippen molar-refractivity contribution in [2.75, 3.05) is 51.5 Å². The van der Waals surface area contributed by atoms with E-state index in [0.717, 1.165) is 36.5 Å². The van der Waals surface area contributed by atoms with E-state index < -0.39 is 6.09 Å². The summed E-state index contributed by atoms with van der Waals surface area (Å²) in [5.41, 5.74) is 3.18. The van der Waals surface area contributed by atoms with E-state index in [0.29, 0.717) is 36.1 Å². The second-order valence-corrected chi connectivity index (χ2v) is 9.16. The van der Waals surface area contributed by atoms with Gasteiger partial charge in [0.2, 0.25) is 0 Å². The molecule has 0 spiro atoms. The SMILES string of the molecule is COc1ccc(C2=NN(Cc3ccc(NC(=O)OCCN4CCCC4)cc3)C(=O)SC2)cc1OC. The van der Waals surface area contributed by atoms with Crippen LogP contribution < -0.4 is 14.8 Å². The Bertz CT molecular complexity index is 1070. The summed E-state index contributed by atoms with van der Waals surface area (Å²) < 4.78 is 16.0. The summed E-state index contributed by atoms with van der Waals surface area (Å²) in [6.07, 6.45) is 1.95. The van der Waals surface area contributed by atoms with E-state index in [4.69, 9.17) is 14.2 Å². The number of carbonyl (C=O) groups excluding carboxylic acids is 2. The van der Waals surface area contributed by atoms with Crippen LogP contribution in [0.25, 0.3) is 0 Å². The van der Waals surface area contributed by atoms with Crippen LogP contribution in [0.2, 0.25) is 0 Å². The number of nitrogens with one attached hydrogen (secondary N) is 1. The predicted molar refractivity (Wildman–Crippen MR) is 137 cm³/mol. The van der Waals surface area contributed by atoms with Gasteiger partial charge in [-0.1, -0.05) is 23.9 Å². The van der Waals surface area contributed by atoms with Crippen LogP contribution in [0.3, 0.4) is 0 Å². The summed E-state index contributed by atoms with van der Waals surface area (Å²) in [5.74, 6) is 1.73. The van der Waals surface area contributed by atoms with Gasteiger partial charge in [0.1, 0.15) is 6.61 Å². The van der Waals surface area contributed by atoms with Crippen LogP contribution in [-0.4, -0.2) is 73.2 Å². The molecule has 1 saturated heterocycles. The average molecular weight is 499 g/mol. The molecule has 9 nitrogen and oxygen atoms in total. The fourth-order valence-corrected chi connectivity index (χ4v) is 4.71. The Morgan fingerprint density at radius 1 is 1.06 bits per heavy atom. The van der Waals surface area contributed by atoms with Crippen molar-refractivity contribution in [1.29, 1.82) is 0 Å². The lowest BCUT2D eigenvalue weighted by Gasteiger charge is -2.23. The number of anilines is 1. The van der Waals surface area contributed by atoms with Gasteiger partial charge in [0.25, 0.3) is 0 Å². The Morgan fingerprint density at radius 3 is 2.51 bits per heavy atom. The minimum atomic E-state index is -0.469. The lowest BCUT2D eigenvalue weighted by atomic mass is 10.1. The minimum absolute atomic E-state index is 0.113. The van der Waals surface area contributed by atoms with E-state index in [-0.39, 0.29) is 5.24 Å². The number of likely N-dealkylation sites (tertiary alicyclic amines) is 1. The van der Waals surface area contributed by atoms with Crippen LogP contribution in [0.5, 0.6) is 11.5 Å². The Labute approximate surface area is 209 Å². The molecule has 0 bridgehead atoms. The number of thioether (sulfide) groups is 1. The van der Waals surface area contributed by atoms with E-state index in [2.05, 4.69) is 15.3 Å². The van der Waals surface area contributed by atoms with E-state index in [1.54, 1.807) is 26.4 Å². The maximum atomic E-state index is 12.5. The van der Waals surface area contributed by atoms with Gasteiger partial charge in [-0.05, 0) is 61.8 Å². The number of ether oxygens (including phenoxy) is 3. The second-order valence-electron chi connectivity index (χ2n) is 8.24. The molecule has 2 aromatic rings. The molecular weight excluding hydrogens is 468 g/mol. The third kappa shape index (κ3) is 6.67. The van der Waals surface area contributed by atoms with Crippen molar-refractivity contribution < 1.29 is 23.8 Å².